The lowest BCUT2D eigenvalue weighted by Crippen LogP contribution is -2.25. The number of benzene rings is 1. The number of rotatable bonds is 4. The van der Waals surface area contributed by atoms with Crippen molar-refractivity contribution in [2.45, 2.75) is 26.1 Å². The summed E-state index contributed by atoms with van der Waals surface area (Å²) in [5, 5.41) is 9.28. The van der Waals surface area contributed by atoms with Gasteiger partial charge in [0.25, 0.3) is 0 Å². The molecule has 2 unspecified atom stereocenters. The Hall–Kier alpha value is -0.870. The summed E-state index contributed by atoms with van der Waals surface area (Å²) in [7, 11) is 0. The Kier molecular flexibility index (Phi) is 4.29. The topological polar surface area (TPSA) is 46.5 Å². The number of ether oxygens (including phenoxy) is 1. The molecule has 0 aliphatic heterocycles. The number of carbonyl (C=O) groups excluding carboxylic acids is 1. The van der Waals surface area contributed by atoms with Gasteiger partial charge in [-0.05, 0) is 32.0 Å². The van der Waals surface area contributed by atoms with Gasteiger partial charge >= 0.3 is 0 Å². The van der Waals surface area contributed by atoms with Crippen LogP contribution in [-0.2, 0) is 0 Å². The van der Waals surface area contributed by atoms with E-state index in [-0.39, 0.29) is 6.10 Å². The lowest BCUT2D eigenvalue weighted by atomic mass is 10.2. The van der Waals surface area contributed by atoms with E-state index >= 15 is 0 Å². The van der Waals surface area contributed by atoms with Crippen LogP contribution in [0.2, 0.25) is 0 Å². The summed E-state index contributed by atoms with van der Waals surface area (Å²) in [4.78, 5) is 10.8. The Labute approximate surface area is 97.2 Å². The lowest BCUT2D eigenvalue weighted by molar-refractivity contribution is 0.0597. The van der Waals surface area contributed by atoms with E-state index in [9.17, 15) is 9.90 Å². The van der Waals surface area contributed by atoms with Gasteiger partial charge in [0.2, 0.25) is 0 Å². The highest BCUT2D eigenvalue weighted by Gasteiger charge is 2.12. The minimum atomic E-state index is -0.576. The van der Waals surface area contributed by atoms with E-state index in [1.165, 1.54) is 0 Å². The molecule has 0 saturated carbocycles. The maximum absolute atomic E-state index is 10.8. The molecule has 1 rings (SSSR count). The molecule has 0 radical (unpaired) electrons. The molecule has 1 aromatic carbocycles. The smallest absolute Gasteiger partial charge is 0.153 e. The van der Waals surface area contributed by atoms with Crippen molar-refractivity contribution in [3.8, 4) is 5.75 Å². The molecule has 0 aliphatic rings. The van der Waals surface area contributed by atoms with Gasteiger partial charge in [0.1, 0.15) is 11.9 Å². The van der Waals surface area contributed by atoms with Crippen molar-refractivity contribution in [2.75, 3.05) is 0 Å². The molecule has 2 atom stereocenters. The predicted molar refractivity (Wildman–Crippen MR) is 61.3 cm³/mol. The normalized spacial score (nSPS) is 14.4. The zero-order valence-corrected chi connectivity index (χ0v) is 10.2. The molecule has 4 heteroatoms. The number of hydrogen-bond acceptors (Lipinski definition) is 3. The molecule has 82 valence electrons. The van der Waals surface area contributed by atoms with Crippen LogP contribution in [0.25, 0.3) is 0 Å². The molecule has 0 heterocycles. The van der Waals surface area contributed by atoms with Gasteiger partial charge in [0.15, 0.2) is 6.29 Å². The molecular formula is C11H13BrO3. The van der Waals surface area contributed by atoms with Crippen molar-refractivity contribution in [3.05, 3.63) is 28.2 Å². The average Bonchev–Trinajstić information content (AvgIpc) is 2.20. The molecule has 3 nitrogen and oxygen atoms in total. The minimum absolute atomic E-state index is 0.343. The first-order valence-electron chi connectivity index (χ1n) is 4.64. The highest BCUT2D eigenvalue weighted by Crippen LogP contribution is 2.23. The first-order chi connectivity index (χ1) is 7.04. The van der Waals surface area contributed by atoms with Crippen LogP contribution in [0.3, 0.4) is 0 Å². The summed E-state index contributed by atoms with van der Waals surface area (Å²) in [6.07, 6.45) is -0.187. The van der Waals surface area contributed by atoms with Crippen LogP contribution >= 0.6 is 15.9 Å². The molecule has 0 saturated heterocycles. The molecule has 0 spiro atoms. The van der Waals surface area contributed by atoms with Crippen LogP contribution in [0.5, 0.6) is 5.75 Å². The zero-order chi connectivity index (χ0) is 11.4. The standard InChI is InChI=1S/C11H13BrO3/c1-7(14)8(2)15-11-4-3-10(12)5-9(11)6-13/h3-8,14H,1-2H3. The third kappa shape index (κ3) is 3.32. The molecule has 0 aliphatic carbocycles. The van der Waals surface area contributed by atoms with Crippen molar-refractivity contribution >= 4 is 22.2 Å². The molecule has 0 bridgehead atoms. The quantitative estimate of drug-likeness (QED) is 0.857. The van der Waals surface area contributed by atoms with Crippen molar-refractivity contribution in [2.24, 2.45) is 0 Å². The van der Waals surface area contributed by atoms with Crippen molar-refractivity contribution in [1.29, 1.82) is 0 Å². The van der Waals surface area contributed by atoms with Gasteiger partial charge in [-0.15, -0.1) is 0 Å². The number of halogens is 1. The molecule has 1 aromatic rings. The van der Waals surface area contributed by atoms with Crippen molar-refractivity contribution in [1.82, 2.24) is 0 Å². The van der Waals surface area contributed by atoms with E-state index in [0.717, 1.165) is 10.8 Å². The number of aliphatic hydroxyl groups is 1. The Morgan fingerprint density at radius 3 is 2.67 bits per heavy atom. The van der Waals surface area contributed by atoms with Gasteiger partial charge in [-0.25, -0.2) is 0 Å². The molecule has 0 aromatic heterocycles. The number of aliphatic hydroxyl groups excluding tert-OH is 1. The van der Waals surface area contributed by atoms with Gasteiger partial charge < -0.3 is 9.84 Å². The highest BCUT2D eigenvalue weighted by molar-refractivity contribution is 9.10. The van der Waals surface area contributed by atoms with Gasteiger partial charge in [-0.3, -0.25) is 4.79 Å². The fourth-order valence-corrected chi connectivity index (χ4v) is 1.40. The maximum atomic E-state index is 10.8. The summed E-state index contributed by atoms with van der Waals surface area (Å²) in [5.41, 5.74) is 0.469. The Morgan fingerprint density at radius 1 is 1.47 bits per heavy atom. The minimum Gasteiger partial charge on any atom is -0.487 e. The summed E-state index contributed by atoms with van der Waals surface area (Å²) < 4.78 is 6.27. The van der Waals surface area contributed by atoms with Crippen LogP contribution in [-0.4, -0.2) is 23.6 Å². The van der Waals surface area contributed by atoms with Crippen LogP contribution in [0.15, 0.2) is 22.7 Å². The third-order valence-corrected chi connectivity index (χ3v) is 2.58. The van der Waals surface area contributed by atoms with E-state index < -0.39 is 6.10 Å². The van der Waals surface area contributed by atoms with Crippen LogP contribution in [0.1, 0.15) is 24.2 Å². The highest BCUT2D eigenvalue weighted by atomic mass is 79.9. The fourth-order valence-electron chi connectivity index (χ4n) is 1.02. The van der Waals surface area contributed by atoms with E-state index in [0.29, 0.717) is 11.3 Å². The number of carbonyl (C=O) groups is 1. The van der Waals surface area contributed by atoms with E-state index in [1.807, 2.05) is 0 Å². The van der Waals surface area contributed by atoms with E-state index in [1.54, 1.807) is 32.0 Å². The predicted octanol–water partition coefficient (Wildman–Crippen LogP) is 2.41. The SMILES string of the molecule is CC(O)C(C)Oc1ccc(Br)cc1C=O. The third-order valence-electron chi connectivity index (χ3n) is 2.09. The van der Waals surface area contributed by atoms with Crippen LogP contribution < -0.4 is 4.74 Å². The summed E-state index contributed by atoms with van der Waals surface area (Å²) >= 11 is 3.27. The summed E-state index contributed by atoms with van der Waals surface area (Å²) in [6, 6.07) is 5.17. The zero-order valence-electron chi connectivity index (χ0n) is 8.61. The summed E-state index contributed by atoms with van der Waals surface area (Å²) in [5.74, 6) is 0.488. The molecule has 1 N–H and O–H groups in total. The van der Waals surface area contributed by atoms with Gasteiger partial charge in [-0.1, -0.05) is 15.9 Å². The van der Waals surface area contributed by atoms with Crippen molar-refractivity contribution in [3.63, 3.8) is 0 Å². The second kappa shape index (κ2) is 5.28. The Bertz CT molecular complexity index is 350. The van der Waals surface area contributed by atoms with E-state index in [4.69, 9.17) is 4.74 Å². The Morgan fingerprint density at radius 2 is 2.13 bits per heavy atom. The monoisotopic (exact) mass is 272 g/mol. The molecule has 15 heavy (non-hydrogen) atoms. The van der Waals surface area contributed by atoms with Gasteiger partial charge in [0, 0.05) is 4.47 Å². The number of aldehydes is 1. The average molecular weight is 273 g/mol. The second-order valence-electron chi connectivity index (χ2n) is 3.36. The maximum Gasteiger partial charge on any atom is 0.153 e. The Balaban J connectivity index is 2.89. The molecule has 0 amide bonds. The first-order valence-corrected chi connectivity index (χ1v) is 5.43. The molecular weight excluding hydrogens is 260 g/mol. The van der Waals surface area contributed by atoms with Gasteiger partial charge in [0.05, 0.1) is 11.7 Å². The summed E-state index contributed by atoms with van der Waals surface area (Å²) in [6.45, 7) is 3.39. The lowest BCUT2D eigenvalue weighted by Gasteiger charge is -2.18. The van der Waals surface area contributed by atoms with Crippen LogP contribution in [0.4, 0.5) is 0 Å². The van der Waals surface area contributed by atoms with Crippen molar-refractivity contribution < 1.29 is 14.6 Å². The van der Waals surface area contributed by atoms with Gasteiger partial charge in [-0.2, -0.15) is 0 Å². The second-order valence-corrected chi connectivity index (χ2v) is 4.28. The fraction of sp³-hybridized carbons (Fsp3) is 0.364. The largest absolute Gasteiger partial charge is 0.487 e. The van der Waals surface area contributed by atoms with Crippen LogP contribution in [0, 0.1) is 0 Å². The first kappa shape index (κ1) is 12.2. The number of hydrogen-bond donors (Lipinski definition) is 1. The molecule has 0 fully saturated rings. The van der Waals surface area contributed by atoms with E-state index in [2.05, 4.69) is 15.9 Å².